The standard InChI is InChI=1S/C8H6N2O6/c1-4-2-5(9(13)14)3-6(8(11)12)7(4)10(15)16/h2-3H,1H3,(H,11,12). The first-order chi connectivity index (χ1) is 7.34. The number of aryl methyl sites for hydroxylation is 1. The fourth-order valence-electron chi connectivity index (χ4n) is 1.27. The second-order valence-corrected chi connectivity index (χ2v) is 2.98. The van der Waals surface area contributed by atoms with Gasteiger partial charge in [-0.25, -0.2) is 4.79 Å². The van der Waals surface area contributed by atoms with Gasteiger partial charge in [0.2, 0.25) is 0 Å². The smallest absolute Gasteiger partial charge is 0.343 e. The molecule has 0 saturated heterocycles. The van der Waals surface area contributed by atoms with Gasteiger partial charge in [0.25, 0.3) is 11.4 Å². The first kappa shape index (κ1) is 11.6. The van der Waals surface area contributed by atoms with E-state index in [9.17, 15) is 25.0 Å². The maximum Gasteiger partial charge on any atom is 0.343 e. The van der Waals surface area contributed by atoms with Crippen molar-refractivity contribution in [3.05, 3.63) is 43.5 Å². The zero-order chi connectivity index (χ0) is 12.5. The molecule has 0 unspecified atom stereocenters. The molecule has 0 saturated carbocycles. The van der Waals surface area contributed by atoms with E-state index in [4.69, 9.17) is 5.11 Å². The number of carbonyl (C=O) groups is 1. The third-order valence-electron chi connectivity index (χ3n) is 1.91. The van der Waals surface area contributed by atoms with Crippen molar-refractivity contribution in [2.24, 2.45) is 0 Å². The van der Waals surface area contributed by atoms with Crippen LogP contribution < -0.4 is 0 Å². The lowest BCUT2D eigenvalue weighted by atomic mass is 10.1. The summed E-state index contributed by atoms with van der Waals surface area (Å²) in [7, 11) is 0. The summed E-state index contributed by atoms with van der Waals surface area (Å²) in [6.45, 7) is 1.25. The lowest BCUT2D eigenvalue weighted by molar-refractivity contribution is -0.389. The van der Waals surface area contributed by atoms with Gasteiger partial charge in [0.05, 0.1) is 9.85 Å². The van der Waals surface area contributed by atoms with Crippen molar-refractivity contribution in [3.8, 4) is 0 Å². The molecule has 16 heavy (non-hydrogen) atoms. The number of nitro groups is 2. The number of hydrogen-bond donors (Lipinski definition) is 1. The average molecular weight is 226 g/mol. The molecule has 0 fully saturated rings. The summed E-state index contributed by atoms with van der Waals surface area (Å²) in [4.78, 5) is 30.1. The van der Waals surface area contributed by atoms with Crippen molar-refractivity contribution in [1.29, 1.82) is 0 Å². The molecule has 0 aliphatic heterocycles. The van der Waals surface area contributed by atoms with Gasteiger partial charge >= 0.3 is 5.97 Å². The molecule has 8 heteroatoms. The van der Waals surface area contributed by atoms with Crippen molar-refractivity contribution in [2.75, 3.05) is 0 Å². The molecule has 1 aromatic rings. The molecule has 1 rings (SSSR count). The van der Waals surface area contributed by atoms with Crippen LogP contribution in [-0.2, 0) is 0 Å². The molecule has 84 valence electrons. The van der Waals surface area contributed by atoms with Crippen LogP contribution >= 0.6 is 0 Å². The van der Waals surface area contributed by atoms with Gasteiger partial charge < -0.3 is 5.11 Å². The third-order valence-corrected chi connectivity index (χ3v) is 1.91. The van der Waals surface area contributed by atoms with E-state index < -0.39 is 32.8 Å². The number of benzene rings is 1. The molecule has 0 aliphatic rings. The van der Waals surface area contributed by atoms with E-state index in [-0.39, 0.29) is 5.56 Å². The first-order valence-electron chi connectivity index (χ1n) is 4.01. The largest absolute Gasteiger partial charge is 0.477 e. The predicted molar refractivity (Wildman–Crippen MR) is 51.4 cm³/mol. The number of non-ortho nitro benzene ring substituents is 1. The number of carboxylic acid groups (broad SMARTS) is 1. The van der Waals surface area contributed by atoms with Crippen molar-refractivity contribution >= 4 is 17.3 Å². The fourth-order valence-corrected chi connectivity index (χ4v) is 1.27. The number of carboxylic acids is 1. The van der Waals surface area contributed by atoms with Crippen LogP contribution in [0.4, 0.5) is 11.4 Å². The van der Waals surface area contributed by atoms with Gasteiger partial charge in [-0.1, -0.05) is 0 Å². The molecule has 0 aliphatic carbocycles. The Balaban J connectivity index is 3.58. The van der Waals surface area contributed by atoms with E-state index in [2.05, 4.69) is 0 Å². The molecule has 0 radical (unpaired) electrons. The monoisotopic (exact) mass is 226 g/mol. The molecule has 0 heterocycles. The Bertz CT molecular complexity index is 496. The highest BCUT2D eigenvalue weighted by Gasteiger charge is 2.26. The Labute approximate surface area is 88.4 Å². The van der Waals surface area contributed by atoms with Crippen LogP contribution in [0.2, 0.25) is 0 Å². The van der Waals surface area contributed by atoms with Crippen LogP contribution in [0.15, 0.2) is 12.1 Å². The van der Waals surface area contributed by atoms with E-state index in [1.807, 2.05) is 0 Å². The second kappa shape index (κ2) is 3.93. The Morgan fingerprint density at radius 2 is 1.81 bits per heavy atom. The summed E-state index contributed by atoms with van der Waals surface area (Å²) in [5, 5.41) is 29.8. The van der Waals surface area contributed by atoms with Crippen LogP contribution in [-0.4, -0.2) is 20.9 Å². The number of aromatic carboxylic acids is 1. The van der Waals surface area contributed by atoms with Gasteiger partial charge in [-0.15, -0.1) is 0 Å². The minimum Gasteiger partial charge on any atom is -0.477 e. The Hall–Kier alpha value is -2.51. The fraction of sp³-hybridized carbons (Fsp3) is 0.125. The number of rotatable bonds is 3. The highest BCUT2D eigenvalue weighted by atomic mass is 16.6. The van der Waals surface area contributed by atoms with Crippen LogP contribution in [0.5, 0.6) is 0 Å². The van der Waals surface area contributed by atoms with Crippen LogP contribution in [0.1, 0.15) is 15.9 Å². The Kier molecular flexibility index (Phi) is 2.84. The SMILES string of the molecule is Cc1cc([N+](=O)[O-])cc(C(=O)O)c1[N+](=O)[O-]. The maximum absolute atomic E-state index is 10.7. The number of nitro benzene ring substituents is 2. The summed E-state index contributed by atoms with van der Waals surface area (Å²) >= 11 is 0. The second-order valence-electron chi connectivity index (χ2n) is 2.98. The molecule has 0 atom stereocenters. The lowest BCUT2D eigenvalue weighted by Gasteiger charge is -2.01. The molecule has 1 aromatic carbocycles. The van der Waals surface area contributed by atoms with Crippen LogP contribution in [0, 0.1) is 27.2 Å². The molecular formula is C8H6N2O6. The molecule has 1 N–H and O–H groups in total. The molecule has 8 nitrogen and oxygen atoms in total. The zero-order valence-corrected chi connectivity index (χ0v) is 8.04. The van der Waals surface area contributed by atoms with E-state index in [1.165, 1.54) is 6.92 Å². The lowest BCUT2D eigenvalue weighted by Crippen LogP contribution is -2.05. The molecule has 0 bridgehead atoms. The van der Waals surface area contributed by atoms with Crippen molar-refractivity contribution < 1.29 is 19.7 Å². The average Bonchev–Trinajstić information content (AvgIpc) is 2.15. The quantitative estimate of drug-likeness (QED) is 0.615. The maximum atomic E-state index is 10.7. The predicted octanol–water partition coefficient (Wildman–Crippen LogP) is 1.51. The number of hydrogen-bond acceptors (Lipinski definition) is 5. The first-order valence-corrected chi connectivity index (χ1v) is 4.01. The summed E-state index contributed by atoms with van der Waals surface area (Å²) in [6.07, 6.45) is 0. The van der Waals surface area contributed by atoms with Crippen molar-refractivity contribution in [3.63, 3.8) is 0 Å². The Morgan fingerprint density at radius 3 is 2.19 bits per heavy atom. The highest BCUT2D eigenvalue weighted by molar-refractivity contribution is 5.94. The minimum atomic E-state index is -1.57. The van der Waals surface area contributed by atoms with Gasteiger partial charge in [-0.3, -0.25) is 20.2 Å². The summed E-state index contributed by atoms with van der Waals surface area (Å²) in [6, 6.07) is 1.64. The Morgan fingerprint density at radius 1 is 1.25 bits per heavy atom. The highest BCUT2D eigenvalue weighted by Crippen LogP contribution is 2.28. The van der Waals surface area contributed by atoms with Crippen LogP contribution in [0.25, 0.3) is 0 Å². The molecular weight excluding hydrogens is 220 g/mol. The summed E-state index contributed by atoms with van der Waals surface area (Å²) in [5.74, 6) is -1.57. The zero-order valence-electron chi connectivity index (χ0n) is 8.04. The van der Waals surface area contributed by atoms with Gasteiger partial charge in [0.15, 0.2) is 0 Å². The molecule has 0 amide bonds. The minimum absolute atomic E-state index is 0.0587. The number of nitrogens with zero attached hydrogens (tertiary/aromatic N) is 2. The van der Waals surface area contributed by atoms with Gasteiger partial charge in [-0.05, 0) is 6.92 Å². The van der Waals surface area contributed by atoms with Gasteiger partial charge in [-0.2, -0.15) is 0 Å². The van der Waals surface area contributed by atoms with E-state index in [1.54, 1.807) is 0 Å². The summed E-state index contributed by atoms with van der Waals surface area (Å²) in [5.41, 5.74) is -1.85. The summed E-state index contributed by atoms with van der Waals surface area (Å²) < 4.78 is 0. The molecule has 0 aromatic heterocycles. The van der Waals surface area contributed by atoms with E-state index in [0.717, 1.165) is 6.07 Å². The van der Waals surface area contributed by atoms with E-state index in [0.29, 0.717) is 6.07 Å². The third kappa shape index (κ3) is 1.95. The van der Waals surface area contributed by atoms with Crippen molar-refractivity contribution in [1.82, 2.24) is 0 Å². The van der Waals surface area contributed by atoms with Gasteiger partial charge in [0.1, 0.15) is 5.56 Å². The topological polar surface area (TPSA) is 124 Å². The normalized spacial score (nSPS) is 9.81. The van der Waals surface area contributed by atoms with Gasteiger partial charge in [0, 0.05) is 17.7 Å². The van der Waals surface area contributed by atoms with Crippen LogP contribution in [0.3, 0.4) is 0 Å². The van der Waals surface area contributed by atoms with Crippen molar-refractivity contribution in [2.45, 2.75) is 6.92 Å². The van der Waals surface area contributed by atoms with E-state index >= 15 is 0 Å². The molecule has 0 spiro atoms.